The molecule has 4 heteroatoms. The molecule has 0 aliphatic carbocycles. The summed E-state index contributed by atoms with van der Waals surface area (Å²) < 4.78 is 11.2. The summed E-state index contributed by atoms with van der Waals surface area (Å²) in [7, 11) is 0. The zero-order chi connectivity index (χ0) is 11.4. The third-order valence-electron chi connectivity index (χ3n) is 2.71. The van der Waals surface area contributed by atoms with Crippen LogP contribution in [0.4, 0.5) is 5.69 Å². The van der Waals surface area contributed by atoms with Gasteiger partial charge in [-0.15, -0.1) is 0 Å². The van der Waals surface area contributed by atoms with Gasteiger partial charge in [0.15, 0.2) is 0 Å². The van der Waals surface area contributed by atoms with Crippen molar-refractivity contribution in [2.24, 2.45) is 0 Å². The van der Waals surface area contributed by atoms with E-state index in [1.807, 2.05) is 12.1 Å². The number of anilines is 1. The molecule has 1 atom stereocenters. The number of nitrogens with two attached hydrogens (primary N) is 1. The van der Waals surface area contributed by atoms with Gasteiger partial charge in [-0.2, -0.15) is 0 Å². The lowest BCUT2D eigenvalue weighted by molar-refractivity contribution is -0.0109. The minimum absolute atomic E-state index is 0.187. The zero-order valence-corrected chi connectivity index (χ0v) is 9.87. The second kappa shape index (κ2) is 5.41. The minimum atomic E-state index is 0.187. The van der Waals surface area contributed by atoms with Gasteiger partial charge in [0.05, 0.1) is 16.8 Å². The number of hydrogen-bond acceptors (Lipinski definition) is 3. The smallest absolute Gasteiger partial charge is 0.143 e. The summed E-state index contributed by atoms with van der Waals surface area (Å²) in [4.78, 5) is 0. The first kappa shape index (κ1) is 11.6. The van der Waals surface area contributed by atoms with E-state index < -0.39 is 0 Å². The molecule has 1 aliphatic rings. The van der Waals surface area contributed by atoms with E-state index in [9.17, 15) is 0 Å². The van der Waals surface area contributed by atoms with E-state index in [-0.39, 0.29) is 6.10 Å². The van der Waals surface area contributed by atoms with Crippen molar-refractivity contribution in [2.75, 3.05) is 18.9 Å². The Morgan fingerprint density at radius 2 is 2.31 bits per heavy atom. The van der Waals surface area contributed by atoms with E-state index in [2.05, 4.69) is 0 Å². The first-order valence-corrected chi connectivity index (χ1v) is 5.93. The van der Waals surface area contributed by atoms with Gasteiger partial charge < -0.3 is 15.2 Å². The van der Waals surface area contributed by atoms with Gasteiger partial charge >= 0.3 is 0 Å². The Morgan fingerprint density at radius 3 is 3.06 bits per heavy atom. The molecular formula is C12H16ClNO2. The summed E-state index contributed by atoms with van der Waals surface area (Å²) in [6.45, 7) is 1.38. The first-order chi connectivity index (χ1) is 7.77. The molecule has 0 saturated carbocycles. The molecule has 1 aliphatic heterocycles. The van der Waals surface area contributed by atoms with Crippen LogP contribution in [0.1, 0.15) is 19.3 Å². The maximum atomic E-state index is 5.90. The second-order valence-corrected chi connectivity index (χ2v) is 4.36. The fraction of sp³-hybridized carbons (Fsp3) is 0.500. The van der Waals surface area contributed by atoms with E-state index in [4.69, 9.17) is 26.8 Å². The predicted octanol–water partition coefficient (Wildman–Crippen LogP) is 2.87. The molecule has 0 aromatic heterocycles. The molecule has 1 aromatic rings. The fourth-order valence-corrected chi connectivity index (χ4v) is 1.93. The lowest BCUT2D eigenvalue weighted by Crippen LogP contribution is -2.25. The molecule has 0 spiro atoms. The fourth-order valence-electron chi connectivity index (χ4n) is 1.76. The van der Waals surface area contributed by atoms with E-state index in [1.54, 1.807) is 6.07 Å². The summed E-state index contributed by atoms with van der Waals surface area (Å²) in [5.74, 6) is 0.640. The number of rotatable bonds is 3. The van der Waals surface area contributed by atoms with Crippen molar-refractivity contribution in [1.29, 1.82) is 0 Å². The van der Waals surface area contributed by atoms with Gasteiger partial charge in [-0.25, -0.2) is 0 Å². The molecule has 1 fully saturated rings. The molecule has 0 bridgehead atoms. The van der Waals surface area contributed by atoms with Gasteiger partial charge in [0.25, 0.3) is 0 Å². The molecule has 1 unspecified atom stereocenters. The third-order valence-corrected chi connectivity index (χ3v) is 3.04. The lowest BCUT2D eigenvalue weighted by Gasteiger charge is -2.23. The van der Waals surface area contributed by atoms with Crippen LogP contribution in [0.5, 0.6) is 5.75 Å². The van der Waals surface area contributed by atoms with Gasteiger partial charge in [-0.05, 0) is 31.4 Å². The predicted molar refractivity (Wildman–Crippen MR) is 65.0 cm³/mol. The molecule has 3 nitrogen and oxygen atoms in total. The Bertz CT molecular complexity index is 351. The highest BCUT2D eigenvalue weighted by Crippen LogP contribution is 2.29. The Hall–Kier alpha value is -0.930. The van der Waals surface area contributed by atoms with Crippen LogP contribution < -0.4 is 10.5 Å². The lowest BCUT2D eigenvalue weighted by atomic mass is 10.1. The Labute approximate surface area is 100 Å². The minimum Gasteiger partial charge on any atom is -0.489 e. The van der Waals surface area contributed by atoms with Crippen LogP contribution in [0.3, 0.4) is 0 Å². The highest BCUT2D eigenvalue weighted by Gasteiger charge is 2.15. The topological polar surface area (TPSA) is 44.5 Å². The Kier molecular flexibility index (Phi) is 3.91. The second-order valence-electron chi connectivity index (χ2n) is 3.95. The molecule has 2 N–H and O–H groups in total. The zero-order valence-electron chi connectivity index (χ0n) is 9.12. The number of ether oxygens (including phenoxy) is 2. The summed E-state index contributed by atoms with van der Waals surface area (Å²) in [6, 6.07) is 5.40. The van der Waals surface area contributed by atoms with Crippen LogP contribution in [-0.4, -0.2) is 19.3 Å². The molecule has 0 amide bonds. The monoisotopic (exact) mass is 241 g/mol. The molecular weight excluding hydrogens is 226 g/mol. The number of benzene rings is 1. The van der Waals surface area contributed by atoms with Crippen molar-refractivity contribution < 1.29 is 9.47 Å². The van der Waals surface area contributed by atoms with Crippen LogP contribution in [0, 0.1) is 0 Å². The highest BCUT2D eigenvalue weighted by atomic mass is 35.5. The molecule has 0 radical (unpaired) electrons. The average molecular weight is 242 g/mol. The Balaban J connectivity index is 1.91. The maximum absolute atomic E-state index is 5.90. The van der Waals surface area contributed by atoms with Crippen molar-refractivity contribution >= 4 is 17.3 Å². The van der Waals surface area contributed by atoms with Gasteiger partial charge in [0, 0.05) is 6.61 Å². The Morgan fingerprint density at radius 1 is 1.44 bits per heavy atom. The van der Waals surface area contributed by atoms with Crippen LogP contribution in [0.25, 0.3) is 0 Å². The van der Waals surface area contributed by atoms with Crippen molar-refractivity contribution in [3.63, 3.8) is 0 Å². The van der Waals surface area contributed by atoms with Crippen LogP contribution in [0.15, 0.2) is 18.2 Å². The van der Waals surface area contributed by atoms with Crippen LogP contribution in [0.2, 0.25) is 5.02 Å². The first-order valence-electron chi connectivity index (χ1n) is 5.56. The molecule has 2 rings (SSSR count). The molecule has 1 aromatic carbocycles. The van der Waals surface area contributed by atoms with Gasteiger partial charge in [0.2, 0.25) is 0 Å². The number of para-hydroxylation sites is 1. The van der Waals surface area contributed by atoms with Crippen molar-refractivity contribution in [3.8, 4) is 5.75 Å². The summed E-state index contributed by atoms with van der Waals surface area (Å²) in [5.41, 5.74) is 6.30. The quantitative estimate of drug-likeness (QED) is 0.828. The normalized spacial score (nSPS) is 20.7. The van der Waals surface area contributed by atoms with Crippen molar-refractivity contribution in [2.45, 2.75) is 25.4 Å². The van der Waals surface area contributed by atoms with E-state index in [0.29, 0.717) is 23.1 Å². The number of halogens is 1. The third kappa shape index (κ3) is 2.80. The number of hydrogen-bond donors (Lipinski definition) is 1. The van der Waals surface area contributed by atoms with Crippen molar-refractivity contribution in [3.05, 3.63) is 23.2 Å². The molecule has 16 heavy (non-hydrogen) atoms. The van der Waals surface area contributed by atoms with Crippen molar-refractivity contribution in [1.82, 2.24) is 0 Å². The van der Waals surface area contributed by atoms with Gasteiger partial charge in [-0.3, -0.25) is 0 Å². The van der Waals surface area contributed by atoms with Gasteiger partial charge in [0.1, 0.15) is 12.4 Å². The molecule has 1 heterocycles. The summed E-state index contributed by atoms with van der Waals surface area (Å²) in [6.07, 6.45) is 3.60. The summed E-state index contributed by atoms with van der Waals surface area (Å²) in [5, 5.41) is 0.530. The SMILES string of the molecule is Nc1c(Cl)cccc1OCC1CCCCO1. The van der Waals surface area contributed by atoms with Crippen LogP contribution in [-0.2, 0) is 4.74 Å². The largest absolute Gasteiger partial charge is 0.489 e. The molecule has 1 saturated heterocycles. The maximum Gasteiger partial charge on any atom is 0.143 e. The van der Waals surface area contributed by atoms with E-state index >= 15 is 0 Å². The van der Waals surface area contributed by atoms with E-state index in [0.717, 1.165) is 19.4 Å². The van der Waals surface area contributed by atoms with E-state index in [1.165, 1.54) is 6.42 Å². The van der Waals surface area contributed by atoms with Gasteiger partial charge in [-0.1, -0.05) is 17.7 Å². The number of nitrogen functional groups attached to an aromatic ring is 1. The molecule has 88 valence electrons. The average Bonchev–Trinajstić information content (AvgIpc) is 2.32. The standard InChI is InChI=1S/C12H16ClNO2/c13-10-5-3-6-11(12(10)14)16-8-9-4-1-2-7-15-9/h3,5-6,9H,1-2,4,7-8,14H2. The summed E-state index contributed by atoms with van der Waals surface area (Å²) >= 11 is 5.90. The van der Waals surface area contributed by atoms with Crippen LogP contribution >= 0.6 is 11.6 Å². The highest BCUT2D eigenvalue weighted by molar-refractivity contribution is 6.33.